The molecule has 1 aliphatic heterocycles. The van der Waals surface area contributed by atoms with Gasteiger partial charge in [-0.15, -0.1) is 0 Å². The van der Waals surface area contributed by atoms with Crippen molar-refractivity contribution in [1.29, 1.82) is 0 Å². The van der Waals surface area contributed by atoms with Gasteiger partial charge in [-0.2, -0.15) is 0 Å². The molecule has 3 rings (SSSR count). The van der Waals surface area contributed by atoms with E-state index in [1.165, 1.54) is 12.1 Å². The third kappa shape index (κ3) is 4.44. The van der Waals surface area contributed by atoms with Gasteiger partial charge in [0.05, 0.1) is 18.7 Å². The Balaban J connectivity index is 1.64. The minimum atomic E-state index is -0.401. The Labute approximate surface area is 147 Å². The summed E-state index contributed by atoms with van der Waals surface area (Å²) in [6, 6.07) is 15.2. The molecule has 2 aromatic carbocycles. The number of aliphatic hydroxyl groups excluding tert-OH is 1. The lowest BCUT2D eigenvalue weighted by atomic mass is 10.1. The van der Waals surface area contributed by atoms with E-state index in [-0.39, 0.29) is 24.4 Å². The molecule has 0 radical (unpaired) electrons. The maximum atomic E-state index is 13.0. The highest BCUT2D eigenvalue weighted by Crippen LogP contribution is 2.22. The first-order valence-corrected chi connectivity index (χ1v) is 8.62. The van der Waals surface area contributed by atoms with Crippen LogP contribution in [-0.2, 0) is 11.3 Å². The molecule has 5 heteroatoms. The Bertz CT molecular complexity index is 691. The fourth-order valence-corrected chi connectivity index (χ4v) is 3.32. The topological polar surface area (TPSA) is 52.6 Å². The molecule has 25 heavy (non-hydrogen) atoms. The van der Waals surface area contributed by atoms with Crippen molar-refractivity contribution in [2.75, 3.05) is 13.2 Å². The molecule has 2 N–H and O–H groups in total. The summed E-state index contributed by atoms with van der Waals surface area (Å²) in [6.07, 6.45) is 1.74. The molecule has 132 valence electrons. The predicted molar refractivity (Wildman–Crippen MR) is 94.2 cm³/mol. The van der Waals surface area contributed by atoms with Crippen LogP contribution in [0, 0.1) is 5.82 Å². The smallest absolute Gasteiger partial charge is 0.237 e. The van der Waals surface area contributed by atoms with E-state index in [2.05, 4.69) is 10.2 Å². The summed E-state index contributed by atoms with van der Waals surface area (Å²) in [5.74, 6) is -0.323. The lowest BCUT2D eigenvalue weighted by Gasteiger charge is -2.26. The zero-order chi connectivity index (χ0) is 17.6. The van der Waals surface area contributed by atoms with Crippen molar-refractivity contribution in [1.82, 2.24) is 10.2 Å². The molecule has 4 nitrogen and oxygen atoms in total. The summed E-state index contributed by atoms with van der Waals surface area (Å²) in [4.78, 5) is 14.8. The van der Waals surface area contributed by atoms with Crippen LogP contribution in [0.2, 0.25) is 0 Å². The average molecular weight is 342 g/mol. The van der Waals surface area contributed by atoms with E-state index in [1.807, 2.05) is 30.3 Å². The van der Waals surface area contributed by atoms with Crippen LogP contribution < -0.4 is 5.32 Å². The third-order valence-corrected chi connectivity index (χ3v) is 4.67. The van der Waals surface area contributed by atoms with E-state index >= 15 is 0 Å². The highest BCUT2D eigenvalue weighted by atomic mass is 19.1. The molecule has 1 saturated heterocycles. The molecule has 0 aliphatic carbocycles. The Morgan fingerprint density at radius 3 is 2.60 bits per heavy atom. The molecule has 0 aromatic heterocycles. The molecular weight excluding hydrogens is 319 g/mol. The van der Waals surface area contributed by atoms with Crippen LogP contribution in [0.4, 0.5) is 4.39 Å². The first-order valence-electron chi connectivity index (χ1n) is 8.62. The van der Waals surface area contributed by atoms with Crippen LogP contribution >= 0.6 is 0 Å². The van der Waals surface area contributed by atoms with Gasteiger partial charge < -0.3 is 10.4 Å². The number of hydrogen-bond acceptors (Lipinski definition) is 3. The Morgan fingerprint density at radius 2 is 1.92 bits per heavy atom. The maximum Gasteiger partial charge on any atom is 0.237 e. The van der Waals surface area contributed by atoms with E-state index in [9.17, 15) is 14.3 Å². The van der Waals surface area contributed by atoms with Crippen LogP contribution in [0.25, 0.3) is 0 Å². The van der Waals surface area contributed by atoms with Crippen molar-refractivity contribution in [3.8, 4) is 0 Å². The molecular formula is C20H23FN2O2. The van der Waals surface area contributed by atoms with E-state index in [1.54, 1.807) is 12.1 Å². The van der Waals surface area contributed by atoms with Gasteiger partial charge in [-0.1, -0.05) is 42.5 Å². The van der Waals surface area contributed by atoms with Crippen molar-refractivity contribution in [2.24, 2.45) is 0 Å². The molecule has 1 heterocycles. The Morgan fingerprint density at radius 1 is 1.20 bits per heavy atom. The molecule has 0 spiro atoms. The van der Waals surface area contributed by atoms with Crippen LogP contribution in [0.15, 0.2) is 54.6 Å². The van der Waals surface area contributed by atoms with Crippen LogP contribution in [0.3, 0.4) is 0 Å². The summed E-state index contributed by atoms with van der Waals surface area (Å²) >= 11 is 0. The fourth-order valence-electron chi connectivity index (χ4n) is 3.32. The first-order chi connectivity index (χ1) is 12.2. The SMILES string of the molecule is O=C(N[C@H](CO)c1ccccc1)C1CCCN1Cc1ccc(F)cc1. The second kappa shape index (κ2) is 8.23. The molecule has 2 aromatic rings. The quantitative estimate of drug-likeness (QED) is 0.849. The second-order valence-corrected chi connectivity index (χ2v) is 6.41. The molecule has 0 bridgehead atoms. The normalized spacial score (nSPS) is 18.9. The van der Waals surface area contributed by atoms with Crippen molar-refractivity contribution in [3.63, 3.8) is 0 Å². The van der Waals surface area contributed by atoms with Crippen LogP contribution in [-0.4, -0.2) is 35.1 Å². The Kier molecular flexibility index (Phi) is 5.79. The van der Waals surface area contributed by atoms with Crippen LogP contribution in [0.5, 0.6) is 0 Å². The minimum Gasteiger partial charge on any atom is -0.394 e. The summed E-state index contributed by atoms with van der Waals surface area (Å²) in [5.41, 5.74) is 1.88. The molecule has 0 saturated carbocycles. The second-order valence-electron chi connectivity index (χ2n) is 6.41. The Hall–Kier alpha value is -2.24. The maximum absolute atomic E-state index is 13.0. The number of likely N-dealkylation sites (tertiary alicyclic amines) is 1. The number of benzene rings is 2. The lowest BCUT2D eigenvalue weighted by Crippen LogP contribution is -2.44. The molecule has 1 amide bonds. The summed E-state index contributed by atoms with van der Waals surface area (Å²) in [5, 5.41) is 12.6. The molecule has 2 atom stereocenters. The van der Waals surface area contributed by atoms with Gasteiger partial charge in [-0.05, 0) is 42.6 Å². The monoisotopic (exact) mass is 342 g/mol. The van der Waals surface area contributed by atoms with Gasteiger partial charge in [0, 0.05) is 6.54 Å². The largest absolute Gasteiger partial charge is 0.394 e. The number of aliphatic hydroxyl groups is 1. The van der Waals surface area contributed by atoms with Gasteiger partial charge in [0.2, 0.25) is 5.91 Å². The van der Waals surface area contributed by atoms with Gasteiger partial charge in [-0.3, -0.25) is 9.69 Å². The number of carbonyl (C=O) groups excluding carboxylic acids is 1. The lowest BCUT2D eigenvalue weighted by molar-refractivity contribution is -0.126. The van der Waals surface area contributed by atoms with Gasteiger partial charge >= 0.3 is 0 Å². The summed E-state index contributed by atoms with van der Waals surface area (Å²) in [7, 11) is 0. The number of rotatable bonds is 6. The van der Waals surface area contributed by atoms with Gasteiger partial charge in [0.25, 0.3) is 0 Å². The zero-order valence-corrected chi connectivity index (χ0v) is 14.1. The van der Waals surface area contributed by atoms with E-state index in [0.29, 0.717) is 6.54 Å². The summed E-state index contributed by atoms with van der Waals surface area (Å²) < 4.78 is 13.0. The first kappa shape index (κ1) is 17.6. The third-order valence-electron chi connectivity index (χ3n) is 4.67. The van der Waals surface area contributed by atoms with Crippen molar-refractivity contribution >= 4 is 5.91 Å². The average Bonchev–Trinajstić information content (AvgIpc) is 3.10. The highest BCUT2D eigenvalue weighted by Gasteiger charge is 2.31. The molecule has 1 unspecified atom stereocenters. The standard InChI is InChI=1S/C20H23FN2O2/c21-17-10-8-15(9-11-17)13-23-12-4-7-19(23)20(25)22-18(14-24)16-5-2-1-3-6-16/h1-3,5-6,8-11,18-19,24H,4,7,12-14H2,(H,22,25)/t18-,19?/m1/s1. The summed E-state index contributed by atoms with van der Waals surface area (Å²) in [6.45, 7) is 1.32. The zero-order valence-electron chi connectivity index (χ0n) is 14.1. The number of hydrogen-bond donors (Lipinski definition) is 2. The number of carbonyl (C=O) groups is 1. The van der Waals surface area contributed by atoms with Crippen LogP contribution in [0.1, 0.15) is 30.0 Å². The van der Waals surface area contributed by atoms with E-state index in [4.69, 9.17) is 0 Å². The van der Waals surface area contributed by atoms with Gasteiger partial charge in [0.1, 0.15) is 5.82 Å². The van der Waals surface area contributed by atoms with Crippen molar-refractivity contribution in [3.05, 3.63) is 71.5 Å². The number of nitrogens with one attached hydrogen (secondary N) is 1. The predicted octanol–water partition coefficient (Wildman–Crippen LogP) is 2.64. The molecule has 1 aliphatic rings. The highest BCUT2D eigenvalue weighted by molar-refractivity contribution is 5.82. The van der Waals surface area contributed by atoms with E-state index < -0.39 is 6.04 Å². The minimum absolute atomic E-state index is 0.0671. The molecule has 1 fully saturated rings. The number of nitrogens with zero attached hydrogens (tertiary/aromatic N) is 1. The van der Waals surface area contributed by atoms with E-state index in [0.717, 1.165) is 30.5 Å². The van der Waals surface area contributed by atoms with Gasteiger partial charge in [-0.25, -0.2) is 4.39 Å². The van der Waals surface area contributed by atoms with Crippen molar-refractivity contribution < 1.29 is 14.3 Å². The number of halogens is 1. The fraction of sp³-hybridized carbons (Fsp3) is 0.350. The van der Waals surface area contributed by atoms with Gasteiger partial charge in [0.15, 0.2) is 0 Å². The number of amides is 1. The van der Waals surface area contributed by atoms with Crippen molar-refractivity contribution in [2.45, 2.75) is 31.5 Å².